The molecule has 0 atom stereocenters. The van der Waals surface area contributed by atoms with Gasteiger partial charge in [0, 0.05) is 18.5 Å². The van der Waals surface area contributed by atoms with Crippen LogP contribution in [0.4, 0.5) is 0 Å². The minimum Gasteiger partial charge on any atom is -0.275 e. The van der Waals surface area contributed by atoms with Crippen LogP contribution in [0.2, 0.25) is 5.02 Å². The van der Waals surface area contributed by atoms with Crippen LogP contribution >= 0.6 is 11.6 Å². The number of halogens is 1. The Kier molecular flexibility index (Phi) is 5.17. The zero-order valence-corrected chi connectivity index (χ0v) is 12.1. The van der Waals surface area contributed by atoms with Crippen molar-refractivity contribution in [2.24, 2.45) is 5.41 Å². The van der Waals surface area contributed by atoms with Crippen molar-refractivity contribution in [2.75, 3.05) is 14.2 Å². The van der Waals surface area contributed by atoms with Gasteiger partial charge in [-0.05, 0) is 23.5 Å². The maximum Gasteiger partial charge on any atom is 0.246 e. The minimum atomic E-state index is -0.158. The smallest absolute Gasteiger partial charge is 0.246 e. The highest BCUT2D eigenvalue weighted by Crippen LogP contribution is 2.29. The molecule has 1 rings (SSSR count). The number of rotatable bonds is 5. The van der Waals surface area contributed by atoms with Gasteiger partial charge < -0.3 is 0 Å². The van der Waals surface area contributed by atoms with Gasteiger partial charge in [0.05, 0.1) is 7.11 Å². The number of benzene rings is 1. The minimum absolute atomic E-state index is 0.0328. The van der Waals surface area contributed by atoms with Gasteiger partial charge >= 0.3 is 0 Å². The summed E-state index contributed by atoms with van der Waals surface area (Å²) in [6.45, 7) is 4.11. The van der Waals surface area contributed by atoms with Gasteiger partial charge in [-0.25, -0.2) is 5.06 Å². The summed E-state index contributed by atoms with van der Waals surface area (Å²) < 4.78 is 0. The molecule has 18 heavy (non-hydrogen) atoms. The van der Waals surface area contributed by atoms with E-state index in [0.29, 0.717) is 6.42 Å². The van der Waals surface area contributed by atoms with Crippen LogP contribution in [0.1, 0.15) is 25.8 Å². The Morgan fingerprint density at radius 2 is 2.00 bits per heavy atom. The second-order valence-electron chi connectivity index (χ2n) is 5.18. The van der Waals surface area contributed by atoms with E-state index in [4.69, 9.17) is 16.4 Å². The van der Waals surface area contributed by atoms with E-state index < -0.39 is 0 Å². The Morgan fingerprint density at radius 1 is 1.39 bits per heavy atom. The molecule has 0 aliphatic heterocycles. The van der Waals surface area contributed by atoms with Crippen LogP contribution in [0.3, 0.4) is 0 Å². The Hall–Kier alpha value is -1.06. The Labute approximate surface area is 114 Å². The monoisotopic (exact) mass is 269 g/mol. The summed E-state index contributed by atoms with van der Waals surface area (Å²) in [7, 11) is 3.10. The average molecular weight is 270 g/mol. The summed E-state index contributed by atoms with van der Waals surface area (Å²) in [4.78, 5) is 16.7. The molecule has 0 saturated heterocycles. The van der Waals surface area contributed by atoms with Gasteiger partial charge in [-0.2, -0.15) is 0 Å². The molecule has 4 heteroatoms. The predicted octanol–water partition coefficient (Wildman–Crippen LogP) is 3.32. The first kappa shape index (κ1) is 15.0. The fraction of sp³-hybridized carbons (Fsp3) is 0.500. The van der Waals surface area contributed by atoms with Crippen molar-refractivity contribution >= 4 is 17.5 Å². The van der Waals surface area contributed by atoms with Crippen LogP contribution in [-0.4, -0.2) is 25.1 Å². The van der Waals surface area contributed by atoms with Gasteiger partial charge in [-0.15, -0.1) is 0 Å². The molecule has 0 radical (unpaired) electrons. The van der Waals surface area contributed by atoms with E-state index in [2.05, 4.69) is 13.8 Å². The summed E-state index contributed by atoms with van der Waals surface area (Å²) in [6, 6.07) is 7.73. The normalized spacial score (nSPS) is 11.4. The summed E-state index contributed by atoms with van der Waals surface area (Å²) in [5.74, 6) is -0.0328. The van der Waals surface area contributed by atoms with Crippen LogP contribution < -0.4 is 0 Å². The van der Waals surface area contributed by atoms with E-state index in [1.807, 2.05) is 24.3 Å². The number of nitrogens with zero attached hydrogens (tertiary/aromatic N) is 1. The lowest BCUT2D eigenvalue weighted by molar-refractivity contribution is -0.170. The Bertz CT molecular complexity index is 418. The summed E-state index contributed by atoms with van der Waals surface area (Å²) in [5, 5.41) is 2.01. The molecular weight excluding hydrogens is 250 g/mol. The maximum atomic E-state index is 11.8. The molecule has 0 aromatic heterocycles. The van der Waals surface area contributed by atoms with Gasteiger partial charge in [0.15, 0.2) is 0 Å². The van der Waals surface area contributed by atoms with Crippen LogP contribution in [0.25, 0.3) is 0 Å². The van der Waals surface area contributed by atoms with Crippen molar-refractivity contribution in [1.29, 1.82) is 0 Å². The number of carbonyl (C=O) groups is 1. The average Bonchev–Trinajstić information content (AvgIpc) is 2.30. The lowest BCUT2D eigenvalue weighted by Crippen LogP contribution is -2.31. The van der Waals surface area contributed by atoms with Gasteiger partial charge in [-0.3, -0.25) is 9.63 Å². The van der Waals surface area contributed by atoms with E-state index in [1.165, 1.54) is 12.2 Å². The lowest BCUT2D eigenvalue weighted by Gasteiger charge is -2.26. The highest BCUT2D eigenvalue weighted by atomic mass is 35.5. The van der Waals surface area contributed by atoms with E-state index in [1.54, 1.807) is 7.05 Å². The molecule has 0 unspecified atom stereocenters. The molecule has 1 amide bonds. The molecule has 0 bridgehead atoms. The van der Waals surface area contributed by atoms with Crippen molar-refractivity contribution in [2.45, 2.75) is 26.7 Å². The van der Waals surface area contributed by atoms with Crippen molar-refractivity contribution in [1.82, 2.24) is 5.06 Å². The summed E-state index contributed by atoms with van der Waals surface area (Å²) in [5.41, 5.74) is 0.909. The molecule has 0 aliphatic carbocycles. The predicted molar refractivity (Wildman–Crippen MR) is 73.3 cm³/mol. The third-order valence-corrected chi connectivity index (χ3v) is 3.25. The van der Waals surface area contributed by atoms with Crippen LogP contribution in [0.5, 0.6) is 0 Å². The molecule has 0 heterocycles. The Morgan fingerprint density at radius 3 is 2.56 bits per heavy atom. The second-order valence-corrected chi connectivity index (χ2v) is 5.59. The van der Waals surface area contributed by atoms with E-state index in [9.17, 15) is 4.79 Å². The van der Waals surface area contributed by atoms with Crippen molar-refractivity contribution in [3.8, 4) is 0 Å². The third kappa shape index (κ3) is 4.31. The van der Waals surface area contributed by atoms with Crippen LogP contribution in [0.15, 0.2) is 24.3 Å². The lowest BCUT2D eigenvalue weighted by atomic mass is 9.82. The molecule has 0 aliphatic rings. The molecule has 3 nitrogen and oxygen atoms in total. The summed E-state index contributed by atoms with van der Waals surface area (Å²) >= 11 is 6.14. The number of hydrogen-bond acceptors (Lipinski definition) is 2. The van der Waals surface area contributed by atoms with Gasteiger partial charge in [0.2, 0.25) is 5.91 Å². The van der Waals surface area contributed by atoms with E-state index in [-0.39, 0.29) is 11.3 Å². The molecule has 100 valence electrons. The standard InChI is InChI=1S/C14H20ClNO2/c1-14(2,10-13(17)16(3)18-4)9-11-7-5-6-8-12(11)15/h5-8H,9-10H2,1-4H3. The van der Waals surface area contributed by atoms with Gasteiger partial charge in [0.1, 0.15) is 0 Å². The highest BCUT2D eigenvalue weighted by molar-refractivity contribution is 6.31. The van der Waals surface area contributed by atoms with E-state index >= 15 is 0 Å². The number of carbonyl (C=O) groups excluding carboxylic acids is 1. The SMILES string of the molecule is CON(C)C(=O)CC(C)(C)Cc1ccccc1Cl. The second kappa shape index (κ2) is 6.21. The van der Waals surface area contributed by atoms with Crippen molar-refractivity contribution in [3.05, 3.63) is 34.9 Å². The molecular formula is C14H20ClNO2. The molecule has 0 saturated carbocycles. The molecule has 0 N–H and O–H groups in total. The molecule has 1 aromatic carbocycles. The first-order valence-corrected chi connectivity index (χ1v) is 6.27. The zero-order valence-electron chi connectivity index (χ0n) is 11.4. The van der Waals surface area contributed by atoms with Crippen molar-refractivity contribution in [3.63, 3.8) is 0 Å². The Balaban J connectivity index is 2.70. The number of amides is 1. The molecule has 0 fully saturated rings. The third-order valence-electron chi connectivity index (χ3n) is 2.88. The van der Waals surface area contributed by atoms with Crippen LogP contribution in [-0.2, 0) is 16.1 Å². The quantitative estimate of drug-likeness (QED) is 0.768. The van der Waals surface area contributed by atoms with Crippen LogP contribution in [0, 0.1) is 5.41 Å². The van der Waals surface area contributed by atoms with Gasteiger partial charge in [0.25, 0.3) is 0 Å². The first-order valence-electron chi connectivity index (χ1n) is 5.90. The fourth-order valence-corrected chi connectivity index (χ4v) is 2.04. The largest absolute Gasteiger partial charge is 0.275 e. The zero-order chi connectivity index (χ0) is 13.8. The molecule has 0 spiro atoms. The molecule has 1 aromatic rings. The number of hydrogen-bond donors (Lipinski definition) is 0. The van der Waals surface area contributed by atoms with Crippen molar-refractivity contribution < 1.29 is 9.63 Å². The van der Waals surface area contributed by atoms with Gasteiger partial charge in [-0.1, -0.05) is 43.6 Å². The maximum absolute atomic E-state index is 11.8. The highest BCUT2D eigenvalue weighted by Gasteiger charge is 2.25. The first-order chi connectivity index (χ1) is 8.35. The summed E-state index contributed by atoms with van der Waals surface area (Å²) in [6.07, 6.45) is 1.18. The van der Waals surface area contributed by atoms with E-state index in [0.717, 1.165) is 17.0 Å². The topological polar surface area (TPSA) is 29.5 Å². The fourth-order valence-electron chi connectivity index (χ4n) is 1.84. The number of hydroxylamine groups is 2.